The predicted octanol–water partition coefficient (Wildman–Crippen LogP) is -0.302. The zero-order chi connectivity index (χ0) is 7.56. The summed E-state index contributed by atoms with van der Waals surface area (Å²) in [5.74, 6) is 0. The van der Waals surface area contributed by atoms with E-state index >= 15 is 0 Å². The first-order valence-corrected chi connectivity index (χ1v) is 3.66. The molecule has 1 aliphatic rings. The summed E-state index contributed by atoms with van der Waals surface area (Å²) in [4.78, 5) is 2.20. The van der Waals surface area contributed by atoms with E-state index in [1.54, 1.807) is 0 Å². The van der Waals surface area contributed by atoms with Gasteiger partial charge in [-0.15, -0.1) is 0 Å². The monoisotopic (exact) mass is 145 g/mol. The minimum Gasteiger partial charge on any atom is -0.394 e. The van der Waals surface area contributed by atoms with Gasteiger partial charge in [-0.2, -0.15) is 0 Å². The molecule has 2 atom stereocenters. The molecule has 1 rings (SSSR count). The van der Waals surface area contributed by atoms with Crippen molar-refractivity contribution >= 4 is 0 Å². The van der Waals surface area contributed by atoms with Crippen molar-refractivity contribution in [3.8, 4) is 0 Å². The number of aliphatic hydroxyl groups is 1. The lowest BCUT2D eigenvalue weighted by atomic mass is 10.2. The zero-order valence-electron chi connectivity index (χ0n) is 6.58. The molecule has 0 aromatic heterocycles. The van der Waals surface area contributed by atoms with Crippen molar-refractivity contribution in [1.29, 1.82) is 0 Å². The van der Waals surface area contributed by atoms with E-state index < -0.39 is 0 Å². The fraction of sp³-hybridized carbons (Fsp3) is 1.00. The van der Waals surface area contributed by atoms with Gasteiger partial charge in [0.05, 0.1) is 19.3 Å². The Bertz CT molecular complexity index is 108. The summed E-state index contributed by atoms with van der Waals surface area (Å²) in [6, 6.07) is 0.489. The number of rotatable bonds is 1. The van der Waals surface area contributed by atoms with Gasteiger partial charge in [0.15, 0.2) is 0 Å². The maximum atomic E-state index is 8.74. The molecule has 2 unspecified atom stereocenters. The van der Waals surface area contributed by atoms with Crippen LogP contribution in [0.4, 0.5) is 0 Å². The average molecular weight is 145 g/mol. The molecule has 0 aliphatic carbocycles. The van der Waals surface area contributed by atoms with Crippen LogP contribution < -0.4 is 0 Å². The van der Waals surface area contributed by atoms with Crippen LogP contribution in [-0.4, -0.2) is 49.0 Å². The molecule has 1 heterocycles. The standard InChI is InChI=1S/C7H15NO2/c1-6-5-10-7(4-9)3-8(6)2/h6-7,9H,3-5H2,1-2H3. The van der Waals surface area contributed by atoms with Gasteiger partial charge in [-0.1, -0.05) is 0 Å². The first kappa shape index (κ1) is 7.98. The third-order valence-corrected chi connectivity index (χ3v) is 2.02. The van der Waals surface area contributed by atoms with Crippen LogP contribution in [0.1, 0.15) is 6.92 Å². The summed E-state index contributed by atoms with van der Waals surface area (Å²) in [5, 5.41) is 8.74. The van der Waals surface area contributed by atoms with Crippen LogP contribution in [0.2, 0.25) is 0 Å². The van der Waals surface area contributed by atoms with Crippen LogP contribution in [0.5, 0.6) is 0 Å². The van der Waals surface area contributed by atoms with Crippen LogP contribution in [-0.2, 0) is 4.74 Å². The Hall–Kier alpha value is -0.120. The highest BCUT2D eigenvalue weighted by atomic mass is 16.5. The van der Waals surface area contributed by atoms with Crippen molar-refractivity contribution in [3.05, 3.63) is 0 Å². The van der Waals surface area contributed by atoms with Crippen LogP contribution in [0.15, 0.2) is 0 Å². The molecule has 0 saturated carbocycles. The Kier molecular flexibility index (Phi) is 2.65. The molecule has 60 valence electrons. The molecule has 10 heavy (non-hydrogen) atoms. The molecule has 1 N–H and O–H groups in total. The fourth-order valence-corrected chi connectivity index (χ4v) is 1.07. The van der Waals surface area contributed by atoms with E-state index in [1.165, 1.54) is 0 Å². The van der Waals surface area contributed by atoms with Gasteiger partial charge in [-0.3, -0.25) is 4.90 Å². The van der Waals surface area contributed by atoms with Crippen LogP contribution >= 0.6 is 0 Å². The van der Waals surface area contributed by atoms with Gasteiger partial charge >= 0.3 is 0 Å². The van der Waals surface area contributed by atoms with E-state index in [1.807, 2.05) is 0 Å². The lowest BCUT2D eigenvalue weighted by molar-refractivity contribution is -0.0694. The van der Waals surface area contributed by atoms with E-state index in [2.05, 4.69) is 18.9 Å². The molecule has 0 bridgehead atoms. The summed E-state index contributed by atoms with van der Waals surface area (Å²) in [7, 11) is 2.05. The van der Waals surface area contributed by atoms with Crippen molar-refractivity contribution in [2.24, 2.45) is 0 Å². The van der Waals surface area contributed by atoms with Crippen molar-refractivity contribution in [2.45, 2.75) is 19.1 Å². The summed E-state index contributed by atoms with van der Waals surface area (Å²) < 4.78 is 5.32. The van der Waals surface area contributed by atoms with Gasteiger partial charge in [0.2, 0.25) is 0 Å². The maximum Gasteiger partial charge on any atom is 0.0933 e. The van der Waals surface area contributed by atoms with Gasteiger partial charge in [-0.25, -0.2) is 0 Å². The summed E-state index contributed by atoms with van der Waals surface area (Å²) in [6.45, 7) is 3.84. The largest absolute Gasteiger partial charge is 0.394 e. The maximum absolute atomic E-state index is 8.74. The van der Waals surface area contributed by atoms with E-state index in [9.17, 15) is 0 Å². The number of hydrogen-bond acceptors (Lipinski definition) is 3. The van der Waals surface area contributed by atoms with Gasteiger partial charge in [0.1, 0.15) is 0 Å². The van der Waals surface area contributed by atoms with Gasteiger partial charge in [-0.05, 0) is 14.0 Å². The molecule has 0 amide bonds. The third kappa shape index (κ3) is 1.68. The SMILES string of the molecule is CC1COC(CO)CN1C. The van der Waals surface area contributed by atoms with Crippen molar-refractivity contribution in [2.75, 3.05) is 26.8 Å². The van der Waals surface area contributed by atoms with E-state index in [-0.39, 0.29) is 12.7 Å². The second-order valence-corrected chi connectivity index (χ2v) is 2.93. The van der Waals surface area contributed by atoms with Gasteiger partial charge < -0.3 is 9.84 Å². The molecular weight excluding hydrogens is 130 g/mol. The highest BCUT2D eigenvalue weighted by molar-refractivity contribution is 4.73. The first-order chi connectivity index (χ1) is 4.74. The third-order valence-electron chi connectivity index (χ3n) is 2.02. The zero-order valence-corrected chi connectivity index (χ0v) is 6.58. The first-order valence-electron chi connectivity index (χ1n) is 3.66. The minimum atomic E-state index is 0.0289. The number of nitrogens with zero attached hydrogens (tertiary/aromatic N) is 1. The quantitative estimate of drug-likeness (QED) is 0.550. The van der Waals surface area contributed by atoms with Crippen molar-refractivity contribution < 1.29 is 9.84 Å². The lowest BCUT2D eigenvalue weighted by Gasteiger charge is -2.34. The Labute approximate surface area is 61.6 Å². The molecule has 3 nitrogen and oxygen atoms in total. The molecule has 0 aromatic rings. The molecular formula is C7H15NO2. The van der Waals surface area contributed by atoms with Gasteiger partial charge in [0.25, 0.3) is 0 Å². The summed E-state index contributed by atoms with van der Waals surface area (Å²) >= 11 is 0. The highest BCUT2D eigenvalue weighted by Gasteiger charge is 2.21. The Morgan fingerprint density at radius 1 is 1.70 bits per heavy atom. The highest BCUT2D eigenvalue weighted by Crippen LogP contribution is 2.07. The van der Waals surface area contributed by atoms with Crippen molar-refractivity contribution in [3.63, 3.8) is 0 Å². The molecule has 0 radical (unpaired) electrons. The number of morpholine rings is 1. The van der Waals surface area contributed by atoms with E-state index in [4.69, 9.17) is 9.84 Å². The van der Waals surface area contributed by atoms with Gasteiger partial charge in [0, 0.05) is 12.6 Å². The van der Waals surface area contributed by atoms with E-state index in [0.717, 1.165) is 13.2 Å². The Morgan fingerprint density at radius 3 is 2.90 bits per heavy atom. The Morgan fingerprint density at radius 2 is 2.40 bits per heavy atom. The second kappa shape index (κ2) is 3.32. The van der Waals surface area contributed by atoms with Crippen LogP contribution in [0.25, 0.3) is 0 Å². The van der Waals surface area contributed by atoms with E-state index in [0.29, 0.717) is 6.04 Å². The molecule has 1 fully saturated rings. The normalized spacial score (nSPS) is 36.3. The Balaban J connectivity index is 2.33. The molecule has 0 spiro atoms. The lowest BCUT2D eigenvalue weighted by Crippen LogP contribution is -2.47. The molecule has 1 saturated heterocycles. The fourth-order valence-electron chi connectivity index (χ4n) is 1.07. The average Bonchev–Trinajstić information content (AvgIpc) is 1.95. The summed E-state index contributed by atoms with van der Waals surface area (Å²) in [6.07, 6.45) is 0.0289. The van der Waals surface area contributed by atoms with Crippen LogP contribution in [0.3, 0.4) is 0 Å². The predicted molar refractivity (Wildman–Crippen MR) is 38.9 cm³/mol. The minimum absolute atomic E-state index is 0.0289. The number of ether oxygens (including phenoxy) is 1. The molecule has 0 aromatic carbocycles. The number of hydrogen-bond donors (Lipinski definition) is 1. The second-order valence-electron chi connectivity index (χ2n) is 2.93. The molecule has 3 heteroatoms. The number of likely N-dealkylation sites (N-methyl/N-ethyl adjacent to an activating group) is 1. The number of aliphatic hydroxyl groups excluding tert-OH is 1. The van der Waals surface area contributed by atoms with Crippen molar-refractivity contribution in [1.82, 2.24) is 4.90 Å². The molecule has 1 aliphatic heterocycles. The topological polar surface area (TPSA) is 32.7 Å². The summed E-state index contributed by atoms with van der Waals surface area (Å²) in [5.41, 5.74) is 0. The van der Waals surface area contributed by atoms with Crippen LogP contribution in [0, 0.1) is 0 Å². The smallest absolute Gasteiger partial charge is 0.0933 e.